The lowest BCUT2D eigenvalue weighted by Gasteiger charge is -1.98. The van der Waals surface area contributed by atoms with Crippen molar-refractivity contribution < 1.29 is 4.43 Å². The van der Waals surface area contributed by atoms with Crippen LogP contribution in [0.4, 0.5) is 0 Å². The van der Waals surface area contributed by atoms with Crippen LogP contribution in [0.5, 0.6) is 0 Å². The third kappa shape index (κ3) is 1.58. The molecule has 0 aliphatic carbocycles. The van der Waals surface area contributed by atoms with Gasteiger partial charge in [-0.2, -0.15) is 10.2 Å². The van der Waals surface area contributed by atoms with E-state index >= 15 is 0 Å². The van der Waals surface area contributed by atoms with Gasteiger partial charge in [-0.3, -0.25) is 0 Å². The van der Waals surface area contributed by atoms with E-state index in [4.69, 9.17) is 12.2 Å². The lowest BCUT2D eigenvalue weighted by atomic mass is 10.3. The summed E-state index contributed by atoms with van der Waals surface area (Å²) in [5, 5.41) is 7.55. The summed E-state index contributed by atoms with van der Waals surface area (Å²) in [5.41, 5.74) is 0.736. The Morgan fingerprint density at radius 3 is 2.90 bits per heavy atom. The van der Waals surface area contributed by atoms with Gasteiger partial charge in [0.15, 0.2) is 5.05 Å². The van der Waals surface area contributed by atoms with Crippen LogP contribution in [0.1, 0.15) is 5.56 Å². The van der Waals surface area contributed by atoms with Crippen molar-refractivity contribution in [1.82, 2.24) is 10.2 Å². The van der Waals surface area contributed by atoms with E-state index < -0.39 is 0 Å². The summed E-state index contributed by atoms with van der Waals surface area (Å²) in [6.45, 7) is 0. The Hall–Kier alpha value is -0.813. The molecule has 3 radical (unpaired) electrons. The van der Waals surface area contributed by atoms with Gasteiger partial charge in [0.2, 0.25) is 0 Å². The van der Waals surface area contributed by atoms with Gasteiger partial charge in [-0.25, -0.2) is 0 Å². The largest absolute Gasteiger partial charge is 0.533 e. The van der Waals surface area contributed by atoms with Crippen molar-refractivity contribution in [2.45, 2.75) is 0 Å². The molecule has 0 aliphatic heterocycles. The van der Waals surface area contributed by atoms with E-state index in [0.717, 1.165) is 5.56 Å². The molecule has 0 atom stereocenters. The number of hydrogen-bond acceptors (Lipinski definition) is 4. The molecule has 0 N–H and O–H groups in total. The van der Waals surface area contributed by atoms with Crippen LogP contribution in [0.15, 0.2) is 18.5 Å². The first kappa shape index (κ1) is 7.30. The van der Waals surface area contributed by atoms with Gasteiger partial charge in [0.25, 0.3) is 0 Å². The van der Waals surface area contributed by atoms with Crippen molar-refractivity contribution in [3.05, 3.63) is 24.0 Å². The average molecular weight is 167 g/mol. The zero-order valence-electron chi connectivity index (χ0n) is 4.94. The van der Waals surface area contributed by atoms with E-state index in [1.165, 1.54) is 6.20 Å². The molecule has 1 aromatic rings. The Labute approximate surface area is 67.0 Å². The molecule has 1 rings (SSSR count). The first-order chi connectivity index (χ1) is 4.84. The molecule has 0 aliphatic rings. The predicted molar refractivity (Wildman–Crippen MR) is 40.6 cm³/mol. The van der Waals surface area contributed by atoms with Crippen molar-refractivity contribution in [2.24, 2.45) is 0 Å². The molecule has 1 heterocycles. The van der Waals surface area contributed by atoms with Gasteiger partial charge in [0, 0.05) is 5.56 Å². The van der Waals surface area contributed by atoms with E-state index in [9.17, 15) is 0 Å². The maximum absolute atomic E-state index is 4.78. The number of rotatable bonds is 1. The number of aromatic nitrogens is 2. The van der Waals surface area contributed by atoms with Crippen LogP contribution < -0.4 is 0 Å². The van der Waals surface area contributed by atoms with Crippen molar-refractivity contribution in [2.75, 3.05) is 0 Å². The van der Waals surface area contributed by atoms with E-state index in [1.807, 2.05) is 0 Å². The normalized spacial score (nSPS) is 8.90. The van der Waals surface area contributed by atoms with Crippen LogP contribution >= 0.6 is 12.2 Å². The molecule has 1 aromatic heterocycles. The van der Waals surface area contributed by atoms with E-state index in [2.05, 4.69) is 25.1 Å². The van der Waals surface area contributed by atoms with Crippen molar-refractivity contribution >= 4 is 27.8 Å². The molecule has 0 saturated heterocycles. The van der Waals surface area contributed by atoms with Gasteiger partial charge in [-0.15, -0.1) is 0 Å². The second kappa shape index (κ2) is 3.38. The lowest BCUT2D eigenvalue weighted by Crippen LogP contribution is -2.00. The predicted octanol–water partition coefficient (Wildman–Crippen LogP) is 0.252. The molecule has 0 unspecified atom stereocenters. The van der Waals surface area contributed by atoms with Crippen LogP contribution in [0, 0.1) is 0 Å². The Balaban J connectivity index is 2.85. The number of hydrogen-bond donors (Lipinski definition) is 0. The van der Waals surface area contributed by atoms with E-state index in [-0.39, 0.29) is 0 Å². The van der Waals surface area contributed by atoms with Crippen molar-refractivity contribution in [3.8, 4) is 0 Å². The molecule has 0 bridgehead atoms. The Bertz CT molecular complexity index is 228. The van der Waals surface area contributed by atoms with E-state index in [0.29, 0.717) is 5.05 Å². The molecule has 5 heteroatoms. The average Bonchev–Trinajstić information content (AvgIpc) is 2.05. The number of thiocarbonyl (C=S) groups is 1. The maximum Gasteiger partial charge on any atom is 0.342 e. The lowest BCUT2D eigenvalue weighted by molar-refractivity contribution is 0.631. The summed E-state index contributed by atoms with van der Waals surface area (Å²) in [7, 11) is 2.81. The molecule has 3 nitrogen and oxygen atoms in total. The third-order valence-corrected chi connectivity index (χ3v) is 1.58. The molecule has 0 fully saturated rings. The topological polar surface area (TPSA) is 35.0 Å². The molecular formula is C5H3N2OSSi. The van der Waals surface area contributed by atoms with Gasteiger partial charge >= 0.3 is 10.5 Å². The summed E-state index contributed by atoms with van der Waals surface area (Å²) >= 11 is 4.78. The summed E-state index contributed by atoms with van der Waals surface area (Å²) in [5.74, 6) is 0. The highest BCUT2D eigenvalue weighted by Gasteiger charge is 1.97. The Kier molecular flexibility index (Phi) is 2.47. The first-order valence-corrected chi connectivity index (χ1v) is 3.31. The zero-order valence-corrected chi connectivity index (χ0v) is 6.76. The second-order valence-electron chi connectivity index (χ2n) is 1.52. The fourth-order valence-corrected chi connectivity index (χ4v) is 0.709. The highest BCUT2D eigenvalue weighted by molar-refractivity contribution is 7.80. The SMILES string of the molecule is [Si]OC(=S)c1ccnnc1. The Morgan fingerprint density at radius 1 is 1.60 bits per heavy atom. The van der Waals surface area contributed by atoms with Gasteiger partial charge in [-0.1, -0.05) is 0 Å². The van der Waals surface area contributed by atoms with Crippen LogP contribution in [0.3, 0.4) is 0 Å². The molecule has 0 spiro atoms. The third-order valence-electron chi connectivity index (χ3n) is 0.913. The van der Waals surface area contributed by atoms with Gasteiger partial charge in [0.05, 0.1) is 12.4 Å². The van der Waals surface area contributed by atoms with Crippen molar-refractivity contribution in [3.63, 3.8) is 0 Å². The summed E-state index contributed by atoms with van der Waals surface area (Å²) in [6, 6.07) is 1.72. The molecule has 0 saturated carbocycles. The smallest absolute Gasteiger partial charge is 0.342 e. The second-order valence-corrected chi connectivity index (χ2v) is 2.10. The van der Waals surface area contributed by atoms with Gasteiger partial charge in [-0.05, 0) is 18.3 Å². The molecule has 0 aromatic carbocycles. The fourth-order valence-electron chi connectivity index (χ4n) is 0.470. The number of nitrogens with zero attached hydrogens (tertiary/aromatic N) is 2. The quantitative estimate of drug-likeness (QED) is 0.444. The molecular weight excluding hydrogens is 164 g/mol. The minimum Gasteiger partial charge on any atom is -0.533 e. The minimum absolute atomic E-state index is 0.353. The summed E-state index contributed by atoms with van der Waals surface area (Å²) in [6.07, 6.45) is 3.08. The molecule has 49 valence electrons. The maximum atomic E-state index is 4.78. The first-order valence-electron chi connectivity index (χ1n) is 2.49. The van der Waals surface area contributed by atoms with Crippen LogP contribution in [0.2, 0.25) is 0 Å². The molecule has 0 amide bonds. The molecule has 10 heavy (non-hydrogen) atoms. The van der Waals surface area contributed by atoms with Crippen molar-refractivity contribution in [1.29, 1.82) is 0 Å². The van der Waals surface area contributed by atoms with Crippen LogP contribution in [-0.4, -0.2) is 25.7 Å². The standard InChI is InChI=1S/C5H3N2OSSi/c9-5(8-10)4-1-2-6-7-3-4/h1-3H. The summed E-state index contributed by atoms with van der Waals surface area (Å²) < 4.78 is 4.61. The highest BCUT2D eigenvalue weighted by Crippen LogP contribution is 1.96. The minimum atomic E-state index is 0.353. The van der Waals surface area contributed by atoms with E-state index in [1.54, 1.807) is 12.3 Å². The summed E-state index contributed by atoms with van der Waals surface area (Å²) in [4.78, 5) is 0. The highest BCUT2D eigenvalue weighted by atomic mass is 32.1. The monoisotopic (exact) mass is 167 g/mol. The van der Waals surface area contributed by atoms with Crippen LogP contribution in [-0.2, 0) is 4.43 Å². The Morgan fingerprint density at radius 2 is 2.40 bits per heavy atom. The fraction of sp³-hybridized carbons (Fsp3) is 0. The van der Waals surface area contributed by atoms with Gasteiger partial charge in [0.1, 0.15) is 0 Å². The van der Waals surface area contributed by atoms with Crippen LogP contribution in [0.25, 0.3) is 0 Å². The zero-order chi connectivity index (χ0) is 7.40. The van der Waals surface area contributed by atoms with Gasteiger partial charge < -0.3 is 4.43 Å².